The lowest BCUT2D eigenvalue weighted by molar-refractivity contribution is -0.114. The van der Waals surface area contributed by atoms with Gasteiger partial charge in [-0.05, 0) is 19.2 Å². The van der Waals surface area contributed by atoms with Crippen LogP contribution in [0.5, 0.6) is 5.75 Å². The predicted octanol–water partition coefficient (Wildman–Crippen LogP) is 4.43. The predicted molar refractivity (Wildman–Crippen MR) is 154 cm³/mol. The maximum atomic E-state index is 13.7. The number of carbonyl (C=O) groups excluding carboxylic acids is 1. The zero-order valence-corrected chi connectivity index (χ0v) is 22.5. The third-order valence-corrected chi connectivity index (χ3v) is 6.96. The largest absolute Gasteiger partial charge is 0.494 e. The molecule has 1 saturated heterocycles. The molecule has 2 N–H and O–H groups in total. The third-order valence-electron chi connectivity index (χ3n) is 6.96. The minimum absolute atomic E-state index is 0.222. The molecule has 5 rings (SSSR count). The Morgan fingerprint density at radius 2 is 1.90 bits per heavy atom. The molecular weight excluding hydrogens is 511 g/mol. The summed E-state index contributed by atoms with van der Waals surface area (Å²) < 4.78 is 21.3. The Labute approximate surface area is 231 Å². The number of halogens is 1. The first-order valence-electron chi connectivity index (χ1n) is 12.7. The molecule has 2 aromatic heterocycles. The minimum Gasteiger partial charge on any atom is -0.494 e. The zero-order chi connectivity index (χ0) is 28.4. The Kier molecular flexibility index (Phi) is 7.35. The van der Waals surface area contributed by atoms with Crippen molar-refractivity contribution in [2.75, 3.05) is 55.9 Å². The van der Waals surface area contributed by atoms with E-state index in [2.05, 4.69) is 38.1 Å². The number of piperazine rings is 1. The summed E-state index contributed by atoms with van der Waals surface area (Å²) in [5.74, 6) is -1.32. The van der Waals surface area contributed by atoms with Crippen molar-refractivity contribution in [3.63, 3.8) is 0 Å². The van der Waals surface area contributed by atoms with Crippen LogP contribution in [-0.2, 0) is 11.8 Å². The second kappa shape index (κ2) is 11.0. The number of ether oxygens (including phenoxy) is 1. The molecule has 1 amide bonds. The van der Waals surface area contributed by atoms with Crippen molar-refractivity contribution in [1.29, 1.82) is 5.26 Å². The van der Waals surface area contributed by atoms with Crippen molar-refractivity contribution in [3.8, 4) is 23.1 Å². The van der Waals surface area contributed by atoms with E-state index >= 15 is 0 Å². The molecule has 11 heteroatoms. The first-order chi connectivity index (χ1) is 19.3. The number of hydrogen-bond donors (Lipinski definition) is 2. The number of benzene rings is 2. The van der Waals surface area contributed by atoms with E-state index in [0.29, 0.717) is 34.1 Å². The Bertz CT molecular complexity index is 1650. The van der Waals surface area contributed by atoms with Gasteiger partial charge in [0.15, 0.2) is 5.83 Å². The Morgan fingerprint density at radius 3 is 2.60 bits per heavy atom. The van der Waals surface area contributed by atoms with Crippen LogP contribution in [0.25, 0.3) is 22.2 Å². The average Bonchev–Trinajstić information content (AvgIpc) is 3.30. The molecule has 0 unspecified atom stereocenters. The summed E-state index contributed by atoms with van der Waals surface area (Å²) in [6.45, 7) is 6.23. The summed E-state index contributed by atoms with van der Waals surface area (Å²) in [5, 5.41) is 16.5. The number of amides is 1. The number of fused-ring (bicyclic) bond motifs is 1. The summed E-state index contributed by atoms with van der Waals surface area (Å²) in [4.78, 5) is 25.6. The fourth-order valence-electron chi connectivity index (χ4n) is 4.81. The number of nitriles is 1. The molecule has 0 radical (unpaired) electrons. The summed E-state index contributed by atoms with van der Waals surface area (Å²) in [7, 11) is 5.52. The van der Waals surface area contributed by atoms with Crippen molar-refractivity contribution in [3.05, 3.63) is 66.8 Å². The normalized spacial score (nSPS) is 13.6. The zero-order valence-electron chi connectivity index (χ0n) is 22.5. The van der Waals surface area contributed by atoms with E-state index in [-0.39, 0.29) is 5.95 Å². The van der Waals surface area contributed by atoms with Gasteiger partial charge in [0.2, 0.25) is 5.95 Å². The van der Waals surface area contributed by atoms with Gasteiger partial charge in [0.25, 0.3) is 5.91 Å². The molecule has 0 spiro atoms. The van der Waals surface area contributed by atoms with E-state index in [0.717, 1.165) is 42.6 Å². The summed E-state index contributed by atoms with van der Waals surface area (Å²) in [5.41, 5.74) is 4.15. The lowest BCUT2D eigenvalue weighted by Gasteiger charge is -2.35. The second-order valence-electron chi connectivity index (χ2n) is 9.58. The van der Waals surface area contributed by atoms with Gasteiger partial charge in [0.1, 0.15) is 11.8 Å². The maximum Gasteiger partial charge on any atom is 0.283 e. The van der Waals surface area contributed by atoms with Gasteiger partial charge in [-0.3, -0.25) is 4.79 Å². The van der Waals surface area contributed by atoms with Crippen LogP contribution >= 0.6 is 0 Å². The first kappa shape index (κ1) is 26.6. The number of anilines is 4. The number of rotatable bonds is 7. The first-order valence-corrected chi connectivity index (χ1v) is 12.7. The lowest BCUT2D eigenvalue weighted by Crippen LogP contribution is -2.44. The van der Waals surface area contributed by atoms with Crippen LogP contribution in [0.3, 0.4) is 0 Å². The van der Waals surface area contributed by atoms with Crippen LogP contribution < -0.4 is 20.3 Å². The highest BCUT2D eigenvalue weighted by Crippen LogP contribution is 2.39. The van der Waals surface area contributed by atoms with Crippen molar-refractivity contribution in [1.82, 2.24) is 19.4 Å². The number of aryl methyl sites for hydroxylation is 1. The molecule has 0 atom stereocenters. The topological polar surface area (TPSA) is 111 Å². The molecule has 1 aliphatic heterocycles. The third kappa shape index (κ3) is 5.17. The van der Waals surface area contributed by atoms with Crippen molar-refractivity contribution in [2.24, 2.45) is 7.05 Å². The van der Waals surface area contributed by atoms with Crippen LogP contribution in [-0.4, -0.2) is 65.7 Å². The van der Waals surface area contributed by atoms with E-state index in [1.54, 1.807) is 12.1 Å². The Hall–Kier alpha value is -4.95. The van der Waals surface area contributed by atoms with Crippen LogP contribution in [0.1, 0.15) is 5.56 Å². The number of nitrogens with zero attached hydrogens (tertiary/aromatic N) is 6. The van der Waals surface area contributed by atoms with Gasteiger partial charge in [-0.25, -0.2) is 14.4 Å². The van der Waals surface area contributed by atoms with Crippen molar-refractivity contribution >= 4 is 39.8 Å². The van der Waals surface area contributed by atoms with Crippen LogP contribution in [0.4, 0.5) is 27.4 Å². The van der Waals surface area contributed by atoms with E-state index < -0.39 is 11.7 Å². The molecule has 1 fully saturated rings. The Balaban J connectivity index is 1.56. The highest BCUT2D eigenvalue weighted by atomic mass is 19.1. The van der Waals surface area contributed by atoms with E-state index in [9.17, 15) is 14.4 Å². The van der Waals surface area contributed by atoms with Gasteiger partial charge < -0.3 is 29.7 Å². The highest BCUT2D eigenvalue weighted by Gasteiger charge is 2.22. The van der Waals surface area contributed by atoms with Crippen LogP contribution in [0.15, 0.2) is 61.2 Å². The van der Waals surface area contributed by atoms with E-state index in [4.69, 9.17) is 9.72 Å². The lowest BCUT2D eigenvalue weighted by atomic mass is 10.1. The number of nitrogens with one attached hydrogen (secondary N) is 2. The standard InChI is InChI=1S/C29H29FN8O2/c1-18(30)28(39)33-22-13-23(26(40-4)14-25(22)38-11-9-36(2)10-12-38)34-29-32-16-19(15-31)27(35-29)21-17-37(3)24-8-6-5-7-20(21)24/h5-8,13-14,16-17H,1,9-12H2,2-4H3,(H,33,39)(H,32,34,35). The molecule has 204 valence electrons. The summed E-state index contributed by atoms with van der Waals surface area (Å²) in [6.07, 6.45) is 3.40. The molecular formula is C29H29FN8O2. The van der Waals surface area contributed by atoms with Gasteiger partial charge in [-0.1, -0.05) is 24.8 Å². The fourth-order valence-corrected chi connectivity index (χ4v) is 4.81. The molecule has 2 aromatic carbocycles. The van der Waals surface area contributed by atoms with Crippen LogP contribution in [0, 0.1) is 11.3 Å². The second-order valence-corrected chi connectivity index (χ2v) is 9.58. The molecule has 40 heavy (non-hydrogen) atoms. The molecule has 0 bridgehead atoms. The van der Waals surface area contributed by atoms with E-state index in [1.165, 1.54) is 13.3 Å². The van der Waals surface area contributed by atoms with Gasteiger partial charge in [-0.15, -0.1) is 0 Å². The number of hydrogen-bond acceptors (Lipinski definition) is 8. The summed E-state index contributed by atoms with van der Waals surface area (Å²) >= 11 is 0. The SMILES string of the molecule is C=C(F)C(=O)Nc1cc(Nc2ncc(C#N)c(-c3cn(C)c4ccccc34)n2)c(OC)cc1N1CCN(C)CC1. The van der Waals surface area contributed by atoms with Gasteiger partial charge in [0, 0.05) is 62.0 Å². The van der Waals surface area contributed by atoms with Crippen molar-refractivity contribution < 1.29 is 13.9 Å². The maximum absolute atomic E-state index is 13.7. The monoisotopic (exact) mass is 540 g/mol. The smallest absolute Gasteiger partial charge is 0.283 e. The number of carbonyl (C=O) groups is 1. The van der Waals surface area contributed by atoms with E-state index in [1.807, 2.05) is 49.1 Å². The molecule has 10 nitrogen and oxygen atoms in total. The number of para-hydroxylation sites is 1. The van der Waals surface area contributed by atoms with Gasteiger partial charge in [0.05, 0.1) is 41.6 Å². The number of likely N-dealkylation sites (N-methyl/N-ethyl adjacent to an activating group) is 1. The molecule has 3 heterocycles. The minimum atomic E-state index is -1.09. The number of methoxy groups -OCH3 is 1. The molecule has 0 aliphatic carbocycles. The molecule has 4 aromatic rings. The number of aromatic nitrogens is 3. The van der Waals surface area contributed by atoms with Gasteiger partial charge >= 0.3 is 0 Å². The van der Waals surface area contributed by atoms with Crippen LogP contribution in [0.2, 0.25) is 0 Å². The highest BCUT2D eigenvalue weighted by molar-refractivity contribution is 6.04. The summed E-state index contributed by atoms with van der Waals surface area (Å²) in [6, 6.07) is 13.5. The quantitative estimate of drug-likeness (QED) is 0.331. The Morgan fingerprint density at radius 1 is 1.15 bits per heavy atom. The van der Waals surface area contributed by atoms with Crippen molar-refractivity contribution in [2.45, 2.75) is 0 Å². The average molecular weight is 541 g/mol. The molecule has 1 aliphatic rings. The van der Waals surface area contributed by atoms with Gasteiger partial charge in [-0.2, -0.15) is 5.26 Å². The fraction of sp³-hybridized carbons (Fsp3) is 0.241. The molecule has 0 saturated carbocycles.